The molecular formula is C22H18ClF4N3O4. The normalized spacial score (nSPS) is 24.3. The zero-order valence-electron chi connectivity index (χ0n) is 17.6. The zero-order valence-corrected chi connectivity index (χ0v) is 18.4. The van der Waals surface area contributed by atoms with Gasteiger partial charge < -0.3 is 24.3 Å². The zero-order chi connectivity index (χ0) is 24.0. The molecule has 1 aromatic heterocycles. The Balaban J connectivity index is 1.45. The van der Waals surface area contributed by atoms with Crippen LogP contribution in [0.25, 0.3) is 10.9 Å². The van der Waals surface area contributed by atoms with Crippen molar-refractivity contribution in [1.82, 2.24) is 9.97 Å². The van der Waals surface area contributed by atoms with Crippen LogP contribution in [0.1, 0.15) is 5.56 Å². The lowest BCUT2D eigenvalue weighted by Gasteiger charge is -2.20. The van der Waals surface area contributed by atoms with Gasteiger partial charge in [0, 0.05) is 17.1 Å². The Kier molecular flexibility index (Phi) is 5.86. The van der Waals surface area contributed by atoms with E-state index in [2.05, 4.69) is 15.3 Å². The van der Waals surface area contributed by atoms with Crippen LogP contribution in [0.5, 0.6) is 11.5 Å². The van der Waals surface area contributed by atoms with Crippen LogP contribution in [0.3, 0.4) is 0 Å². The summed E-state index contributed by atoms with van der Waals surface area (Å²) in [5.41, 5.74) is -0.374. The first-order chi connectivity index (χ1) is 16.2. The van der Waals surface area contributed by atoms with Crippen molar-refractivity contribution in [3.8, 4) is 11.5 Å². The van der Waals surface area contributed by atoms with Gasteiger partial charge in [-0.1, -0.05) is 11.6 Å². The van der Waals surface area contributed by atoms with Crippen LogP contribution >= 0.6 is 11.6 Å². The van der Waals surface area contributed by atoms with Gasteiger partial charge in [-0.05, 0) is 24.3 Å². The van der Waals surface area contributed by atoms with E-state index in [1.165, 1.54) is 19.5 Å². The van der Waals surface area contributed by atoms with E-state index in [9.17, 15) is 17.6 Å². The van der Waals surface area contributed by atoms with Crippen LogP contribution in [-0.2, 0) is 15.7 Å². The van der Waals surface area contributed by atoms with E-state index in [1.54, 1.807) is 12.1 Å². The molecule has 0 saturated carbocycles. The van der Waals surface area contributed by atoms with E-state index in [-0.39, 0.29) is 24.7 Å². The van der Waals surface area contributed by atoms with Crippen molar-refractivity contribution >= 4 is 34.0 Å². The molecular weight excluding hydrogens is 482 g/mol. The van der Waals surface area contributed by atoms with Crippen LogP contribution in [0, 0.1) is 0 Å². The van der Waals surface area contributed by atoms with Crippen molar-refractivity contribution < 1.29 is 36.5 Å². The molecule has 2 saturated heterocycles. The monoisotopic (exact) mass is 499 g/mol. The summed E-state index contributed by atoms with van der Waals surface area (Å²) >= 11 is 5.70. The SMILES string of the molecule is COc1cc2c(Nc3ccc(Cl)c(C(F)(F)F)c3)ncnc2cc1OC1CO[C@H]2C(F)CO[C@@H]12. The summed E-state index contributed by atoms with van der Waals surface area (Å²) in [6.07, 6.45) is -6.28. The second-order valence-corrected chi connectivity index (χ2v) is 8.24. The van der Waals surface area contributed by atoms with E-state index in [1.807, 2.05) is 0 Å². The average molecular weight is 500 g/mol. The number of alkyl halides is 4. The first kappa shape index (κ1) is 22.9. The summed E-state index contributed by atoms with van der Waals surface area (Å²) in [6, 6.07) is 6.69. The second kappa shape index (κ2) is 8.71. The van der Waals surface area contributed by atoms with Gasteiger partial charge in [0.25, 0.3) is 0 Å². The fourth-order valence-corrected chi connectivity index (χ4v) is 4.28. The van der Waals surface area contributed by atoms with Crippen molar-refractivity contribution in [3.63, 3.8) is 0 Å². The number of rotatable bonds is 5. The predicted molar refractivity (Wildman–Crippen MR) is 115 cm³/mol. The van der Waals surface area contributed by atoms with Gasteiger partial charge in [0.05, 0.1) is 36.4 Å². The molecule has 4 atom stereocenters. The molecule has 3 heterocycles. The van der Waals surface area contributed by atoms with Crippen LogP contribution in [0.2, 0.25) is 5.02 Å². The largest absolute Gasteiger partial charge is 0.493 e. The van der Waals surface area contributed by atoms with Crippen molar-refractivity contribution in [1.29, 1.82) is 0 Å². The Morgan fingerprint density at radius 2 is 1.85 bits per heavy atom. The highest BCUT2D eigenvalue weighted by molar-refractivity contribution is 6.31. The van der Waals surface area contributed by atoms with Crippen molar-refractivity contribution in [2.24, 2.45) is 0 Å². The third kappa shape index (κ3) is 4.19. The second-order valence-electron chi connectivity index (χ2n) is 7.83. The minimum Gasteiger partial charge on any atom is -0.493 e. The summed E-state index contributed by atoms with van der Waals surface area (Å²) in [7, 11) is 1.44. The summed E-state index contributed by atoms with van der Waals surface area (Å²) in [6.45, 7) is 0.110. The molecule has 3 aromatic rings. The Morgan fingerprint density at radius 3 is 2.62 bits per heavy atom. The molecule has 0 amide bonds. The maximum absolute atomic E-state index is 13.9. The van der Waals surface area contributed by atoms with Gasteiger partial charge in [-0.3, -0.25) is 0 Å². The average Bonchev–Trinajstić information content (AvgIpc) is 3.37. The number of fused-ring (bicyclic) bond motifs is 2. The molecule has 34 heavy (non-hydrogen) atoms. The van der Waals surface area contributed by atoms with Crippen LogP contribution in [-0.4, -0.2) is 54.8 Å². The number of hydrogen-bond donors (Lipinski definition) is 1. The number of benzene rings is 2. The maximum Gasteiger partial charge on any atom is 0.417 e. The molecule has 2 fully saturated rings. The quantitative estimate of drug-likeness (QED) is 0.498. The molecule has 2 unspecified atom stereocenters. The Hall–Kier alpha value is -2.89. The maximum atomic E-state index is 13.9. The molecule has 1 N–H and O–H groups in total. The standard InChI is InChI=1S/C22H18ClF4N3O4/c1-31-16-5-11-15(6-17(16)34-18-8-33-19-14(24)7-32-20(18)19)28-9-29-21(11)30-10-2-3-13(23)12(4-10)22(25,26)27/h2-6,9,14,18-20H,7-8H2,1H3,(H,28,29,30)/t14?,18?,19-,20-/m0/s1. The minimum absolute atomic E-state index is 0.0486. The summed E-state index contributed by atoms with van der Waals surface area (Å²) in [5, 5.41) is 2.96. The minimum atomic E-state index is -4.61. The number of ether oxygens (including phenoxy) is 4. The van der Waals surface area contributed by atoms with Crippen molar-refractivity contribution in [2.75, 3.05) is 25.6 Å². The van der Waals surface area contributed by atoms with Crippen LogP contribution < -0.4 is 14.8 Å². The highest BCUT2D eigenvalue weighted by atomic mass is 35.5. The molecule has 0 spiro atoms. The first-order valence-electron chi connectivity index (χ1n) is 10.2. The van der Waals surface area contributed by atoms with Gasteiger partial charge in [0.2, 0.25) is 0 Å². The molecule has 7 nitrogen and oxygen atoms in total. The molecule has 12 heteroatoms. The summed E-state index contributed by atoms with van der Waals surface area (Å²) in [4.78, 5) is 8.40. The molecule has 2 aliphatic rings. The lowest BCUT2D eigenvalue weighted by atomic mass is 10.1. The molecule has 2 aliphatic heterocycles. The van der Waals surface area contributed by atoms with Gasteiger partial charge in [-0.25, -0.2) is 14.4 Å². The molecule has 180 valence electrons. The van der Waals surface area contributed by atoms with E-state index in [0.717, 1.165) is 12.1 Å². The number of aromatic nitrogens is 2. The van der Waals surface area contributed by atoms with E-state index in [4.69, 9.17) is 30.5 Å². The van der Waals surface area contributed by atoms with Crippen molar-refractivity contribution in [3.05, 3.63) is 47.2 Å². The smallest absolute Gasteiger partial charge is 0.417 e. The fourth-order valence-electron chi connectivity index (χ4n) is 4.05. The lowest BCUT2D eigenvalue weighted by molar-refractivity contribution is -0.137. The third-order valence-electron chi connectivity index (χ3n) is 5.68. The van der Waals surface area contributed by atoms with Gasteiger partial charge in [-0.2, -0.15) is 13.2 Å². The molecule has 0 bridgehead atoms. The molecule has 5 rings (SSSR count). The van der Waals surface area contributed by atoms with Crippen LogP contribution in [0.4, 0.5) is 29.1 Å². The van der Waals surface area contributed by atoms with Gasteiger partial charge >= 0.3 is 6.18 Å². The van der Waals surface area contributed by atoms with Gasteiger partial charge in [0.15, 0.2) is 23.8 Å². The number of nitrogens with zero attached hydrogens (tertiary/aromatic N) is 2. The topological polar surface area (TPSA) is 74.7 Å². The predicted octanol–water partition coefficient (Wildman–Crippen LogP) is 4.94. The Bertz CT molecular complexity index is 1230. The molecule has 0 radical (unpaired) electrons. The third-order valence-corrected chi connectivity index (χ3v) is 6.01. The summed E-state index contributed by atoms with van der Waals surface area (Å²) in [5.74, 6) is 0.926. The number of methoxy groups -OCH3 is 1. The first-order valence-corrected chi connectivity index (χ1v) is 10.6. The number of anilines is 2. The number of halogens is 5. The lowest BCUT2D eigenvalue weighted by Crippen LogP contribution is -2.33. The Morgan fingerprint density at radius 1 is 1.06 bits per heavy atom. The van der Waals surface area contributed by atoms with Crippen LogP contribution in [0.15, 0.2) is 36.7 Å². The highest BCUT2D eigenvalue weighted by Gasteiger charge is 2.49. The number of nitrogens with one attached hydrogen (secondary N) is 1. The van der Waals surface area contributed by atoms with Crippen molar-refractivity contribution in [2.45, 2.75) is 30.7 Å². The van der Waals surface area contributed by atoms with E-state index >= 15 is 0 Å². The summed E-state index contributed by atoms with van der Waals surface area (Å²) < 4.78 is 76.0. The van der Waals surface area contributed by atoms with Gasteiger partial charge in [0.1, 0.15) is 24.4 Å². The fraction of sp³-hybridized carbons (Fsp3) is 0.364. The molecule has 2 aromatic carbocycles. The van der Waals surface area contributed by atoms with Gasteiger partial charge in [-0.15, -0.1) is 0 Å². The Labute approximate surface area is 195 Å². The van der Waals surface area contributed by atoms with E-state index < -0.39 is 41.2 Å². The van der Waals surface area contributed by atoms with E-state index in [0.29, 0.717) is 22.4 Å². The number of hydrogen-bond acceptors (Lipinski definition) is 7. The molecule has 0 aliphatic carbocycles. The highest BCUT2D eigenvalue weighted by Crippen LogP contribution is 2.40.